The fourth-order valence-corrected chi connectivity index (χ4v) is 4.12. The molecule has 0 spiro atoms. The van der Waals surface area contributed by atoms with Crippen LogP contribution in [0.2, 0.25) is 0 Å². The van der Waals surface area contributed by atoms with Crippen molar-refractivity contribution in [2.24, 2.45) is 0 Å². The van der Waals surface area contributed by atoms with Crippen molar-refractivity contribution in [1.29, 1.82) is 0 Å². The van der Waals surface area contributed by atoms with Crippen LogP contribution in [0.3, 0.4) is 0 Å². The Hall–Kier alpha value is -3.64. The second kappa shape index (κ2) is 7.89. The second-order valence-corrected chi connectivity index (χ2v) is 8.19. The van der Waals surface area contributed by atoms with Crippen LogP contribution in [0.25, 0.3) is 33.3 Å². The Morgan fingerprint density at radius 1 is 0.935 bits per heavy atom. The van der Waals surface area contributed by atoms with Crippen LogP contribution < -0.4 is 5.73 Å². The molecule has 0 unspecified atom stereocenters. The Morgan fingerprint density at radius 3 is 2.61 bits per heavy atom. The predicted octanol–water partition coefficient (Wildman–Crippen LogP) is 4.67. The number of nitrogens with zero attached hydrogens (tertiary/aromatic N) is 3. The highest BCUT2D eigenvalue weighted by Gasteiger charge is 2.13. The summed E-state index contributed by atoms with van der Waals surface area (Å²) in [7, 11) is 2.17. The number of nitrogen functional groups attached to an aromatic ring is 1. The van der Waals surface area contributed by atoms with Crippen LogP contribution >= 0.6 is 0 Å². The molecular formula is C25H26N6. The number of anilines is 1. The topological polar surface area (TPSA) is 86.6 Å². The van der Waals surface area contributed by atoms with E-state index in [4.69, 9.17) is 5.73 Å². The predicted molar refractivity (Wildman–Crippen MR) is 127 cm³/mol. The molecule has 31 heavy (non-hydrogen) atoms. The van der Waals surface area contributed by atoms with Gasteiger partial charge in [-0.05, 0) is 55.8 Å². The maximum atomic E-state index is 6.03. The molecule has 2 aromatic carbocycles. The number of aromatic amines is 2. The number of fused-ring (bicyclic) bond motifs is 2. The zero-order valence-electron chi connectivity index (χ0n) is 17.8. The van der Waals surface area contributed by atoms with Crippen molar-refractivity contribution >= 4 is 27.9 Å². The minimum atomic E-state index is 0.466. The lowest BCUT2D eigenvalue weighted by molar-refractivity contribution is 0.331. The largest absolute Gasteiger partial charge is 0.384 e. The highest BCUT2D eigenvalue weighted by Crippen LogP contribution is 2.30. The molecule has 0 radical (unpaired) electrons. The van der Waals surface area contributed by atoms with Crippen molar-refractivity contribution in [2.75, 3.05) is 19.3 Å². The molecule has 3 heterocycles. The fraction of sp³-hybridized carbons (Fsp3) is 0.200. The van der Waals surface area contributed by atoms with Crippen LogP contribution in [-0.4, -0.2) is 38.4 Å². The zero-order chi connectivity index (χ0) is 21.4. The van der Waals surface area contributed by atoms with Crippen LogP contribution in [0.15, 0.2) is 60.7 Å². The van der Waals surface area contributed by atoms with Crippen LogP contribution in [0.1, 0.15) is 17.0 Å². The van der Waals surface area contributed by atoms with Crippen molar-refractivity contribution in [3.63, 3.8) is 0 Å². The Morgan fingerprint density at radius 2 is 1.77 bits per heavy atom. The third-order valence-corrected chi connectivity index (χ3v) is 5.65. The normalized spacial score (nSPS) is 11.7. The molecule has 0 saturated carbocycles. The quantitative estimate of drug-likeness (QED) is 0.380. The van der Waals surface area contributed by atoms with Gasteiger partial charge in [-0.25, -0.2) is 9.97 Å². The van der Waals surface area contributed by atoms with E-state index in [0.29, 0.717) is 11.5 Å². The molecule has 0 amide bonds. The summed E-state index contributed by atoms with van der Waals surface area (Å²) in [6.07, 6.45) is 1.05. The number of likely N-dealkylation sites (N-methyl/N-ethyl adjacent to an activating group) is 1. The van der Waals surface area contributed by atoms with E-state index in [1.807, 2.05) is 13.0 Å². The third kappa shape index (κ3) is 4.02. The van der Waals surface area contributed by atoms with Gasteiger partial charge < -0.3 is 20.6 Å². The van der Waals surface area contributed by atoms with E-state index in [0.717, 1.165) is 47.6 Å². The second-order valence-electron chi connectivity index (χ2n) is 8.19. The summed E-state index contributed by atoms with van der Waals surface area (Å²) < 4.78 is 0. The first-order valence-electron chi connectivity index (χ1n) is 10.5. The number of nitrogens with two attached hydrogens (primary N) is 1. The first kappa shape index (κ1) is 19.3. The van der Waals surface area contributed by atoms with Gasteiger partial charge in [-0.15, -0.1) is 0 Å². The lowest BCUT2D eigenvalue weighted by Gasteiger charge is -2.16. The molecule has 3 aromatic heterocycles. The molecule has 6 heteroatoms. The number of hydrogen-bond acceptors (Lipinski definition) is 4. The first-order valence-corrected chi connectivity index (χ1v) is 10.5. The molecule has 6 nitrogen and oxygen atoms in total. The number of imidazole rings is 1. The van der Waals surface area contributed by atoms with E-state index in [-0.39, 0.29) is 0 Å². The van der Waals surface area contributed by atoms with Crippen LogP contribution in [0.5, 0.6) is 0 Å². The minimum absolute atomic E-state index is 0.466. The van der Waals surface area contributed by atoms with Crippen LogP contribution in [0.4, 0.5) is 5.82 Å². The SMILES string of the molecule is Cc1nc2nc(N)cc(-c3cc4cc(CN(C)CCc5ccccc5)ccc4[nH]3)c2[nH]1. The molecule has 0 aliphatic heterocycles. The maximum Gasteiger partial charge on any atom is 0.180 e. The lowest BCUT2D eigenvalue weighted by atomic mass is 10.1. The number of aryl methyl sites for hydroxylation is 1. The molecule has 0 saturated heterocycles. The molecule has 0 fully saturated rings. The number of pyridine rings is 1. The van der Waals surface area contributed by atoms with Crippen molar-refractivity contribution in [3.05, 3.63) is 77.6 Å². The average molecular weight is 411 g/mol. The average Bonchev–Trinajstić information content (AvgIpc) is 3.34. The lowest BCUT2D eigenvalue weighted by Crippen LogP contribution is -2.20. The number of hydrogen-bond donors (Lipinski definition) is 3. The molecule has 5 aromatic rings. The molecule has 4 N–H and O–H groups in total. The number of aromatic nitrogens is 4. The smallest absolute Gasteiger partial charge is 0.180 e. The summed E-state index contributed by atoms with van der Waals surface area (Å²) in [4.78, 5) is 18.0. The summed E-state index contributed by atoms with van der Waals surface area (Å²) in [5.41, 5.74) is 13.3. The molecule has 5 rings (SSSR count). The number of H-pyrrole nitrogens is 2. The van der Waals surface area contributed by atoms with E-state index in [1.54, 1.807) is 0 Å². The maximum absolute atomic E-state index is 6.03. The van der Waals surface area contributed by atoms with Gasteiger partial charge >= 0.3 is 0 Å². The fourth-order valence-electron chi connectivity index (χ4n) is 4.12. The monoisotopic (exact) mass is 410 g/mol. The van der Waals surface area contributed by atoms with Crippen molar-refractivity contribution in [2.45, 2.75) is 19.9 Å². The van der Waals surface area contributed by atoms with Gasteiger partial charge in [0.05, 0.1) is 5.52 Å². The molecule has 0 atom stereocenters. The van der Waals surface area contributed by atoms with E-state index in [2.05, 4.69) is 86.5 Å². The van der Waals surface area contributed by atoms with Gasteiger partial charge in [-0.1, -0.05) is 36.4 Å². The summed E-state index contributed by atoms with van der Waals surface area (Å²) >= 11 is 0. The third-order valence-electron chi connectivity index (χ3n) is 5.65. The Balaban J connectivity index is 1.38. The van der Waals surface area contributed by atoms with Gasteiger partial charge in [0.1, 0.15) is 11.6 Å². The molecule has 0 bridgehead atoms. The molecule has 0 aliphatic rings. The first-order chi connectivity index (χ1) is 15.0. The molecule has 0 aliphatic carbocycles. The summed E-state index contributed by atoms with van der Waals surface area (Å²) in [6, 6.07) is 21.3. The zero-order valence-corrected chi connectivity index (χ0v) is 17.8. The Labute approximate surface area is 181 Å². The van der Waals surface area contributed by atoms with Crippen molar-refractivity contribution < 1.29 is 0 Å². The van der Waals surface area contributed by atoms with Crippen molar-refractivity contribution in [1.82, 2.24) is 24.8 Å². The van der Waals surface area contributed by atoms with Crippen LogP contribution in [-0.2, 0) is 13.0 Å². The number of nitrogens with one attached hydrogen (secondary N) is 2. The van der Waals surface area contributed by atoms with Crippen LogP contribution in [0, 0.1) is 6.92 Å². The van der Waals surface area contributed by atoms with E-state index in [1.165, 1.54) is 16.5 Å². The number of benzene rings is 2. The summed E-state index contributed by atoms with van der Waals surface area (Å²) in [6.45, 7) is 3.86. The summed E-state index contributed by atoms with van der Waals surface area (Å²) in [5, 5.41) is 1.18. The van der Waals surface area contributed by atoms with Gasteiger partial charge in [-0.3, -0.25) is 0 Å². The minimum Gasteiger partial charge on any atom is -0.384 e. The van der Waals surface area contributed by atoms with Crippen molar-refractivity contribution in [3.8, 4) is 11.3 Å². The standard InChI is InChI=1S/C25H26N6/c1-16-27-24-20(14-23(26)30-25(24)28-16)22-13-19-12-18(8-9-21(19)29-22)15-31(2)11-10-17-6-4-3-5-7-17/h3-9,12-14,29H,10-11,15H2,1-2H3,(H3,26,27,28,30). The van der Waals surface area contributed by atoms with Gasteiger partial charge in [0, 0.05) is 35.2 Å². The van der Waals surface area contributed by atoms with Gasteiger partial charge in [0.2, 0.25) is 0 Å². The summed E-state index contributed by atoms with van der Waals surface area (Å²) in [5.74, 6) is 1.29. The Kier molecular flexibility index (Phi) is 4.92. The van der Waals surface area contributed by atoms with Gasteiger partial charge in [0.15, 0.2) is 5.65 Å². The highest BCUT2D eigenvalue weighted by atomic mass is 15.1. The van der Waals surface area contributed by atoms with Gasteiger partial charge in [-0.2, -0.15) is 0 Å². The number of rotatable bonds is 6. The molecular weight excluding hydrogens is 384 g/mol. The van der Waals surface area contributed by atoms with E-state index >= 15 is 0 Å². The van der Waals surface area contributed by atoms with E-state index in [9.17, 15) is 0 Å². The molecule has 156 valence electrons. The van der Waals surface area contributed by atoms with Gasteiger partial charge in [0.25, 0.3) is 0 Å². The Bertz CT molecular complexity index is 1350. The van der Waals surface area contributed by atoms with E-state index < -0.39 is 0 Å². The highest BCUT2D eigenvalue weighted by molar-refractivity contribution is 5.95.